The number of carbonyl (C=O) groups is 2. The topological polar surface area (TPSA) is 123 Å². The highest BCUT2D eigenvalue weighted by Crippen LogP contribution is 2.35. The third-order valence-electron chi connectivity index (χ3n) is 7.92. The lowest BCUT2D eigenvalue weighted by molar-refractivity contribution is -0.134. The van der Waals surface area contributed by atoms with Gasteiger partial charge in [0.25, 0.3) is 12.4 Å². The van der Waals surface area contributed by atoms with Crippen LogP contribution in [0.15, 0.2) is 66.9 Å². The molecule has 10 nitrogen and oxygen atoms in total. The minimum atomic E-state index is -3.56. The van der Waals surface area contributed by atoms with E-state index in [0.717, 1.165) is 39.8 Å². The monoisotopic (exact) mass is 603 g/mol. The van der Waals surface area contributed by atoms with Crippen LogP contribution < -0.4 is 14.9 Å². The van der Waals surface area contributed by atoms with Gasteiger partial charge < -0.3 is 19.9 Å². The number of sulfonamides is 1. The zero-order valence-corrected chi connectivity index (χ0v) is 25.4. The van der Waals surface area contributed by atoms with Crippen molar-refractivity contribution in [3.05, 3.63) is 94.9 Å². The van der Waals surface area contributed by atoms with Gasteiger partial charge in [-0.05, 0) is 55.2 Å². The maximum absolute atomic E-state index is 13.9. The number of nitrogens with one attached hydrogen (secondary N) is 2. The molecular weight excluding hydrogens is 566 g/mol. The quantitative estimate of drug-likeness (QED) is 0.238. The predicted octanol–water partition coefficient (Wildman–Crippen LogP) is 3.36. The number of nitrogens with zero attached hydrogens (tertiary/aromatic N) is 3. The summed E-state index contributed by atoms with van der Waals surface area (Å²) in [4.78, 5) is 30.0. The van der Waals surface area contributed by atoms with Crippen molar-refractivity contribution in [2.24, 2.45) is 0 Å². The Labute approximate surface area is 252 Å². The Kier molecular flexibility index (Phi) is 9.12. The van der Waals surface area contributed by atoms with E-state index < -0.39 is 22.2 Å². The number of hydrogen-bond donors (Lipinski definition) is 2. The number of anilines is 1. The Morgan fingerprint density at radius 2 is 1.93 bits per heavy atom. The molecule has 3 heterocycles. The molecule has 0 radical (unpaired) electrons. The third-order valence-corrected chi connectivity index (χ3v) is 9.65. The van der Waals surface area contributed by atoms with Gasteiger partial charge in [-0.15, -0.1) is 0 Å². The van der Waals surface area contributed by atoms with Gasteiger partial charge in [-0.1, -0.05) is 43.3 Å². The predicted molar refractivity (Wildman–Crippen MR) is 167 cm³/mol. The first-order valence-corrected chi connectivity index (χ1v) is 16.0. The van der Waals surface area contributed by atoms with Gasteiger partial charge in [-0.3, -0.25) is 18.9 Å². The standard InChI is InChI=1S/C32H37N5O5S/c1-4-24-20-37-13-14-43(40,41)36(3)29-17-25(16-27(24)31(29)37)32(39)35-28(15-23-10-6-5-7-11-23)30(42-21-38)19-33-18-26-12-8-9-22(2)34-26/h5-12,16-17,20-21,28,30,33H,4,13-15,18-19H2,1-3H3,(H,35,39)/t28-,30+/m0/s1. The summed E-state index contributed by atoms with van der Waals surface area (Å²) in [7, 11) is -2.03. The van der Waals surface area contributed by atoms with E-state index in [2.05, 4.69) is 15.6 Å². The van der Waals surface area contributed by atoms with Gasteiger partial charge in [0.05, 0.1) is 28.7 Å². The number of benzene rings is 2. The number of ether oxygens (including phenoxy) is 1. The molecule has 0 spiro atoms. The molecule has 0 saturated carbocycles. The largest absolute Gasteiger partial charge is 0.461 e. The van der Waals surface area contributed by atoms with Gasteiger partial charge in [0.2, 0.25) is 10.0 Å². The number of aryl methyl sites for hydroxylation is 3. The fourth-order valence-corrected chi connectivity index (χ4v) is 6.75. The Hall–Kier alpha value is -4.22. The van der Waals surface area contributed by atoms with Crippen LogP contribution >= 0.6 is 0 Å². The zero-order valence-electron chi connectivity index (χ0n) is 24.6. The molecule has 1 aliphatic rings. The van der Waals surface area contributed by atoms with Crippen LogP contribution in [-0.2, 0) is 45.5 Å². The SMILES string of the molecule is CCc1cn2c3c(cc(C(=O)N[C@@H](Cc4ccccc4)[C@@H](CNCc4cccc(C)n4)OC=O)cc13)N(C)S(=O)(=O)CC2. The number of hydrogen-bond acceptors (Lipinski definition) is 7. The van der Waals surface area contributed by atoms with Crippen molar-refractivity contribution in [2.45, 2.75) is 51.9 Å². The molecule has 1 aliphatic heterocycles. The van der Waals surface area contributed by atoms with Gasteiger partial charge in [0.1, 0.15) is 6.10 Å². The first-order chi connectivity index (χ1) is 20.7. The molecule has 2 aromatic heterocycles. The number of pyridine rings is 1. The molecule has 0 aliphatic carbocycles. The Morgan fingerprint density at radius 3 is 2.65 bits per heavy atom. The molecular formula is C32H37N5O5S. The Bertz CT molecular complexity index is 1720. The van der Waals surface area contributed by atoms with E-state index in [1.165, 1.54) is 11.4 Å². The summed E-state index contributed by atoms with van der Waals surface area (Å²) in [5.41, 5.74) is 5.35. The maximum atomic E-state index is 13.9. The minimum absolute atomic E-state index is 0.0262. The van der Waals surface area contributed by atoms with Crippen molar-refractivity contribution in [3.63, 3.8) is 0 Å². The maximum Gasteiger partial charge on any atom is 0.293 e. The van der Waals surface area contributed by atoms with Gasteiger partial charge in [-0.2, -0.15) is 0 Å². The van der Waals surface area contributed by atoms with Crippen LogP contribution in [-0.4, -0.2) is 61.8 Å². The van der Waals surface area contributed by atoms with Crippen LogP contribution in [0.1, 0.15) is 39.8 Å². The number of aromatic nitrogens is 2. The number of rotatable bonds is 12. The van der Waals surface area contributed by atoms with Crippen molar-refractivity contribution < 1.29 is 22.7 Å². The molecule has 43 heavy (non-hydrogen) atoms. The summed E-state index contributed by atoms with van der Waals surface area (Å²) in [6, 6.07) is 18.3. The summed E-state index contributed by atoms with van der Waals surface area (Å²) in [6.45, 7) is 5.44. The normalized spacial score (nSPS) is 15.5. The number of carbonyl (C=O) groups excluding carboxylic acids is 2. The van der Waals surface area contributed by atoms with Gasteiger partial charge >= 0.3 is 0 Å². The average Bonchev–Trinajstić information content (AvgIpc) is 3.32. The second-order valence-corrected chi connectivity index (χ2v) is 12.9. The molecule has 0 saturated heterocycles. The van der Waals surface area contributed by atoms with E-state index in [0.29, 0.717) is 37.2 Å². The lowest BCUT2D eigenvalue weighted by atomic mass is 9.99. The lowest BCUT2D eigenvalue weighted by Gasteiger charge is -2.27. The summed E-state index contributed by atoms with van der Waals surface area (Å²) in [5, 5.41) is 7.26. The minimum Gasteiger partial charge on any atom is -0.461 e. The smallest absolute Gasteiger partial charge is 0.293 e. The average molecular weight is 604 g/mol. The molecule has 2 N–H and O–H groups in total. The second kappa shape index (κ2) is 13.0. The van der Waals surface area contributed by atoms with E-state index >= 15 is 0 Å². The van der Waals surface area contributed by atoms with Crippen LogP contribution in [0.2, 0.25) is 0 Å². The molecule has 4 aromatic rings. The van der Waals surface area contributed by atoms with Crippen molar-refractivity contribution in [1.29, 1.82) is 0 Å². The third kappa shape index (κ3) is 6.73. The fourth-order valence-electron chi connectivity index (χ4n) is 5.61. The van der Waals surface area contributed by atoms with Gasteiger partial charge in [0.15, 0.2) is 0 Å². The van der Waals surface area contributed by atoms with Crippen LogP contribution in [0.5, 0.6) is 0 Å². The highest BCUT2D eigenvalue weighted by molar-refractivity contribution is 7.92. The first-order valence-electron chi connectivity index (χ1n) is 14.4. The molecule has 2 aromatic carbocycles. The zero-order chi connectivity index (χ0) is 30.6. The molecule has 0 unspecified atom stereocenters. The van der Waals surface area contributed by atoms with E-state index in [1.807, 2.05) is 79.2 Å². The summed E-state index contributed by atoms with van der Waals surface area (Å²) in [6.07, 6.45) is 2.44. The molecule has 11 heteroatoms. The lowest BCUT2D eigenvalue weighted by Crippen LogP contribution is -2.50. The van der Waals surface area contributed by atoms with Crippen molar-refractivity contribution in [1.82, 2.24) is 20.2 Å². The molecule has 0 bridgehead atoms. The summed E-state index contributed by atoms with van der Waals surface area (Å²) < 4.78 is 34.7. The van der Waals surface area contributed by atoms with Crippen LogP contribution in [0.4, 0.5) is 5.69 Å². The summed E-state index contributed by atoms with van der Waals surface area (Å²) in [5.74, 6) is -0.412. The fraction of sp³-hybridized carbons (Fsp3) is 0.344. The Morgan fingerprint density at radius 1 is 1.14 bits per heavy atom. The van der Waals surface area contributed by atoms with Gasteiger partial charge in [-0.25, -0.2) is 8.42 Å². The second-order valence-electron chi connectivity index (χ2n) is 10.8. The molecule has 2 atom stereocenters. The number of amides is 1. The van der Waals surface area contributed by atoms with E-state index in [4.69, 9.17) is 4.74 Å². The van der Waals surface area contributed by atoms with Crippen LogP contribution in [0.3, 0.4) is 0 Å². The summed E-state index contributed by atoms with van der Waals surface area (Å²) >= 11 is 0. The van der Waals surface area contributed by atoms with E-state index in [9.17, 15) is 18.0 Å². The molecule has 1 amide bonds. The van der Waals surface area contributed by atoms with E-state index in [-0.39, 0.29) is 18.2 Å². The highest BCUT2D eigenvalue weighted by atomic mass is 32.2. The highest BCUT2D eigenvalue weighted by Gasteiger charge is 2.30. The Balaban J connectivity index is 1.46. The van der Waals surface area contributed by atoms with Crippen molar-refractivity contribution in [3.8, 4) is 0 Å². The van der Waals surface area contributed by atoms with Crippen LogP contribution in [0.25, 0.3) is 10.9 Å². The van der Waals surface area contributed by atoms with Crippen molar-refractivity contribution in [2.75, 3.05) is 23.7 Å². The first kappa shape index (κ1) is 30.2. The van der Waals surface area contributed by atoms with E-state index in [1.54, 1.807) is 6.07 Å². The molecule has 5 rings (SSSR count). The molecule has 0 fully saturated rings. The molecule has 226 valence electrons. The van der Waals surface area contributed by atoms with Gasteiger partial charge in [0, 0.05) is 49.5 Å². The van der Waals surface area contributed by atoms with Crippen molar-refractivity contribution >= 4 is 39.0 Å². The van der Waals surface area contributed by atoms with Crippen LogP contribution in [0, 0.1) is 6.92 Å².